The van der Waals surface area contributed by atoms with Gasteiger partial charge in [0, 0.05) is 29.9 Å². The van der Waals surface area contributed by atoms with Gasteiger partial charge in [0.15, 0.2) is 11.4 Å². The van der Waals surface area contributed by atoms with Gasteiger partial charge in [0.2, 0.25) is 5.78 Å². The van der Waals surface area contributed by atoms with Crippen molar-refractivity contribution in [3.63, 3.8) is 0 Å². The lowest BCUT2D eigenvalue weighted by atomic mass is 9.59. The number of carbonyl (C=O) groups is 3. The van der Waals surface area contributed by atoms with Crippen LogP contribution in [-0.2, 0) is 20.8 Å². The number of benzene rings is 1. The maximum Gasteiger partial charge on any atom is 0.255 e. The predicted octanol–water partition coefficient (Wildman–Crippen LogP) is 1.97. The normalized spacial score (nSPS) is 26.2. The number of aliphatic hydroxyl groups excluding tert-OH is 2. The highest BCUT2D eigenvalue weighted by molar-refractivity contribution is 6.22. The quantitative estimate of drug-likeness (QED) is 0.267. The lowest BCUT2D eigenvalue weighted by Crippen LogP contribution is -2.58. The van der Waals surface area contributed by atoms with Crippen molar-refractivity contribution in [3.8, 4) is 17.6 Å². The van der Waals surface area contributed by atoms with Crippen LogP contribution >= 0.6 is 0 Å². The molecule has 0 unspecified atom stereocenters. The van der Waals surface area contributed by atoms with Gasteiger partial charge in [-0.1, -0.05) is 25.2 Å². The predicted molar refractivity (Wildman–Crippen MR) is 118 cm³/mol. The summed E-state index contributed by atoms with van der Waals surface area (Å²) in [5, 5.41) is 43.3. The zero-order valence-electron chi connectivity index (χ0n) is 18.1. The molecule has 3 atom stereocenters. The van der Waals surface area contributed by atoms with E-state index in [9.17, 15) is 34.8 Å². The summed E-state index contributed by atoms with van der Waals surface area (Å²) in [5.41, 5.74) is 2.94. The van der Waals surface area contributed by atoms with Crippen LogP contribution < -0.4 is 5.73 Å². The van der Waals surface area contributed by atoms with E-state index >= 15 is 0 Å². The highest BCUT2D eigenvalue weighted by Crippen LogP contribution is 2.52. The van der Waals surface area contributed by atoms with E-state index in [1.54, 1.807) is 6.07 Å². The number of Topliss-reactive ketones (excluding diaryl/α,β-unsaturated/α-hetero) is 2. The number of aliphatic hydroxyl groups is 3. The minimum atomic E-state index is -2.55. The lowest BCUT2D eigenvalue weighted by molar-refractivity contribution is -0.147. The summed E-state index contributed by atoms with van der Waals surface area (Å²) in [4.78, 5) is 37.5. The Labute approximate surface area is 190 Å². The largest absolute Gasteiger partial charge is 0.508 e. The first-order valence-electron chi connectivity index (χ1n) is 10.9. The van der Waals surface area contributed by atoms with Crippen LogP contribution in [0.2, 0.25) is 0 Å². The molecule has 0 bridgehead atoms. The molecule has 1 saturated carbocycles. The number of fused-ring (bicyclic) bond motifs is 3. The Morgan fingerprint density at radius 1 is 1.21 bits per heavy atom. The zero-order chi connectivity index (χ0) is 24.1. The number of rotatable bonds is 3. The molecule has 8 nitrogen and oxygen atoms in total. The van der Waals surface area contributed by atoms with Gasteiger partial charge in [-0.2, -0.15) is 0 Å². The maximum atomic E-state index is 13.4. The summed E-state index contributed by atoms with van der Waals surface area (Å²) >= 11 is 0. The van der Waals surface area contributed by atoms with Crippen LogP contribution in [0.4, 0.5) is 0 Å². The summed E-state index contributed by atoms with van der Waals surface area (Å²) in [6.07, 6.45) is 2.65. The average Bonchev–Trinajstić information content (AvgIpc) is 2.75. The van der Waals surface area contributed by atoms with E-state index in [-0.39, 0.29) is 36.1 Å². The third kappa shape index (κ3) is 3.31. The molecule has 0 heterocycles. The number of aromatic hydroxyl groups is 1. The molecule has 33 heavy (non-hydrogen) atoms. The summed E-state index contributed by atoms with van der Waals surface area (Å²) in [7, 11) is 0. The molecule has 8 heteroatoms. The van der Waals surface area contributed by atoms with E-state index < -0.39 is 52.0 Å². The van der Waals surface area contributed by atoms with Gasteiger partial charge in [0.1, 0.15) is 22.8 Å². The lowest BCUT2D eigenvalue weighted by Gasteiger charge is -2.46. The standard InChI is InChI=1S/C25H25NO7/c1-2-3-4-5-6-12-7-8-16(27)19-15(12)10-13-9-14-11-17(28)20(24(26)32)23(31)25(14,33)22(30)18(13)21(19)29/h7-8,13-14,27,29,31,33H,2-4,9-11H2,1H3,(H2,26,32)/t13-,14+,25+/m1/s1. The second-order valence-corrected chi connectivity index (χ2v) is 8.80. The summed E-state index contributed by atoms with van der Waals surface area (Å²) in [6.45, 7) is 2.06. The average molecular weight is 451 g/mol. The van der Waals surface area contributed by atoms with Crippen molar-refractivity contribution in [2.75, 3.05) is 0 Å². The molecule has 1 fully saturated rings. The monoisotopic (exact) mass is 451 g/mol. The fraction of sp³-hybridized carbons (Fsp3) is 0.400. The van der Waals surface area contributed by atoms with Crippen LogP contribution in [0.5, 0.6) is 5.75 Å². The third-order valence-electron chi connectivity index (χ3n) is 6.83. The van der Waals surface area contributed by atoms with Crippen LogP contribution in [0.25, 0.3) is 5.76 Å². The van der Waals surface area contributed by atoms with Gasteiger partial charge in [-0.3, -0.25) is 14.4 Å². The number of phenolic OH excluding ortho intramolecular Hbond substituents is 1. The number of hydrogen-bond acceptors (Lipinski definition) is 7. The smallest absolute Gasteiger partial charge is 0.255 e. The van der Waals surface area contributed by atoms with Gasteiger partial charge in [-0.25, -0.2) is 0 Å². The highest BCUT2D eigenvalue weighted by Gasteiger charge is 2.60. The number of unbranched alkanes of at least 4 members (excludes halogenated alkanes) is 2. The van der Waals surface area contributed by atoms with E-state index in [4.69, 9.17) is 5.73 Å². The maximum absolute atomic E-state index is 13.4. The Hall–Kier alpha value is -3.57. The van der Waals surface area contributed by atoms with Gasteiger partial charge in [-0.05, 0) is 42.9 Å². The summed E-state index contributed by atoms with van der Waals surface area (Å²) in [5.74, 6) is -0.203. The summed E-state index contributed by atoms with van der Waals surface area (Å²) in [6, 6.07) is 3.04. The molecule has 3 aliphatic carbocycles. The van der Waals surface area contributed by atoms with Crippen molar-refractivity contribution in [1.82, 2.24) is 0 Å². The highest BCUT2D eigenvalue weighted by atomic mass is 16.3. The molecule has 1 aromatic rings. The molecule has 0 aromatic heterocycles. The Kier molecular flexibility index (Phi) is 5.54. The molecule has 1 aromatic carbocycles. The van der Waals surface area contributed by atoms with Crippen molar-refractivity contribution in [2.45, 2.75) is 51.0 Å². The van der Waals surface area contributed by atoms with Crippen LogP contribution in [0.3, 0.4) is 0 Å². The van der Waals surface area contributed by atoms with Gasteiger partial charge in [-0.15, -0.1) is 0 Å². The first-order chi connectivity index (χ1) is 15.6. The fourth-order valence-electron chi connectivity index (χ4n) is 5.16. The minimum absolute atomic E-state index is 0.0596. The van der Waals surface area contributed by atoms with Gasteiger partial charge in [0.25, 0.3) is 5.91 Å². The van der Waals surface area contributed by atoms with Crippen molar-refractivity contribution < 1.29 is 34.8 Å². The molecule has 0 radical (unpaired) electrons. The van der Waals surface area contributed by atoms with Crippen LogP contribution in [0.1, 0.15) is 55.7 Å². The first-order valence-corrected chi connectivity index (χ1v) is 10.9. The minimum Gasteiger partial charge on any atom is -0.508 e. The fourth-order valence-corrected chi connectivity index (χ4v) is 5.16. The SMILES string of the molecule is CCCCC#Cc1ccc(O)c2c1C[C@H]1C[C@H]3CC(=O)C(C(N)=O)=C(O)[C@@]3(O)C(=O)C1=C2O. The number of hydrogen-bond donors (Lipinski definition) is 5. The van der Waals surface area contributed by atoms with Gasteiger partial charge in [0.05, 0.1) is 5.56 Å². The molecule has 0 spiro atoms. The molecular formula is C25H25NO7. The second-order valence-electron chi connectivity index (χ2n) is 8.80. The summed E-state index contributed by atoms with van der Waals surface area (Å²) < 4.78 is 0. The van der Waals surface area contributed by atoms with Crippen LogP contribution in [0.15, 0.2) is 29.0 Å². The van der Waals surface area contributed by atoms with E-state index in [0.717, 1.165) is 12.8 Å². The number of phenols is 1. The van der Waals surface area contributed by atoms with E-state index in [1.165, 1.54) is 6.07 Å². The topological polar surface area (TPSA) is 158 Å². The zero-order valence-corrected chi connectivity index (χ0v) is 18.1. The molecule has 4 rings (SSSR count). The molecular weight excluding hydrogens is 426 g/mol. The molecule has 0 aliphatic heterocycles. The number of carbonyl (C=O) groups excluding carboxylic acids is 3. The first kappa shape index (κ1) is 22.6. The van der Waals surface area contributed by atoms with Crippen molar-refractivity contribution in [2.24, 2.45) is 17.6 Å². The van der Waals surface area contributed by atoms with Crippen LogP contribution in [0, 0.1) is 23.7 Å². The van der Waals surface area contributed by atoms with E-state index in [0.29, 0.717) is 17.5 Å². The van der Waals surface area contributed by atoms with Crippen molar-refractivity contribution in [1.29, 1.82) is 0 Å². The third-order valence-corrected chi connectivity index (χ3v) is 6.83. The van der Waals surface area contributed by atoms with E-state index in [1.807, 2.05) is 0 Å². The Morgan fingerprint density at radius 2 is 1.94 bits per heavy atom. The molecule has 6 N–H and O–H groups in total. The van der Waals surface area contributed by atoms with Crippen molar-refractivity contribution >= 4 is 23.2 Å². The Bertz CT molecular complexity index is 1210. The van der Waals surface area contributed by atoms with Crippen molar-refractivity contribution in [3.05, 3.63) is 45.7 Å². The Morgan fingerprint density at radius 3 is 2.61 bits per heavy atom. The molecule has 172 valence electrons. The number of ketones is 2. The number of primary amides is 1. The van der Waals surface area contributed by atoms with Gasteiger partial charge >= 0.3 is 0 Å². The number of amides is 1. The number of nitrogens with two attached hydrogens (primary N) is 1. The van der Waals surface area contributed by atoms with Gasteiger partial charge < -0.3 is 26.2 Å². The second kappa shape index (κ2) is 8.09. The Balaban J connectivity index is 1.86. The van der Waals surface area contributed by atoms with Crippen LogP contribution in [-0.4, -0.2) is 43.5 Å². The molecule has 3 aliphatic rings. The van der Waals surface area contributed by atoms with E-state index in [2.05, 4.69) is 18.8 Å². The molecule has 0 saturated heterocycles. The molecule has 1 amide bonds.